The van der Waals surface area contributed by atoms with Crippen LogP contribution in [0, 0.1) is 0 Å². The Kier molecular flexibility index (Phi) is 6.04. The Balaban J connectivity index is 1.19. The van der Waals surface area contributed by atoms with E-state index in [4.69, 9.17) is 14.7 Å². The highest BCUT2D eigenvalue weighted by Gasteiger charge is 2.21. The highest BCUT2D eigenvalue weighted by Crippen LogP contribution is 2.40. The Labute approximate surface area is 295 Å². The monoisotopic (exact) mass is 662 g/mol. The number of ether oxygens (including phenoxy) is 1. The minimum atomic E-state index is 0.0257. The minimum absolute atomic E-state index is 0.0257. The largest absolute Gasteiger partial charge is 0.457 e. The van der Waals surface area contributed by atoms with Crippen LogP contribution >= 0.6 is 0 Å². The number of imidazole rings is 2. The normalized spacial score (nSPS) is 12.9. The molecule has 0 radical (unpaired) electrons. The van der Waals surface area contributed by atoms with Gasteiger partial charge in [-0.1, -0.05) is 84.0 Å². The third-order valence-corrected chi connectivity index (χ3v) is 10.6. The van der Waals surface area contributed by atoms with Gasteiger partial charge in [0.25, 0.3) is 0 Å². The van der Waals surface area contributed by atoms with Gasteiger partial charge in [-0.2, -0.15) is 0 Å². The molecule has 0 aliphatic rings. The summed E-state index contributed by atoms with van der Waals surface area (Å²) in [6.07, 6.45) is 0. The number of rotatable bonds is 2. The predicted octanol–water partition coefficient (Wildman–Crippen LogP) is 12.3. The zero-order chi connectivity index (χ0) is 34.8. The van der Waals surface area contributed by atoms with E-state index in [1.165, 1.54) is 27.4 Å². The molecule has 0 N–H and O–H groups in total. The van der Waals surface area contributed by atoms with E-state index in [0.717, 1.165) is 71.9 Å². The summed E-state index contributed by atoms with van der Waals surface area (Å²) >= 11 is 0. The number of nitrogens with zero attached hydrogens (tertiary/aromatic N) is 4. The predicted molar refractivity (Wildman–Crippen MR) is 213 cm³/mol. The first-order valence-electron chi connectivity index (χ1n) is 17.8. The number of fused-ring (bicyclic) bond motifs is 16. The van der Waals surface area contributed by atoms with Crippen LogP contribution in [0.3, 0.4) is 0 Å². The molecule has 0 atom stereocenters. The van der Waals surface area contributed by atoms with Crippen molar-refractivity contribution in [3.63, 3.8) is 0 Å². The fourth-order valence-corrected chi connectivity index (χ4v) is 7.87. The van der Waals surface area contributed by atoms with Crippen LogP contribution < -0.4 is 4.74 Å². The van der Waals surface area contributed by atoms with Crippen LogP contribution in [0.25, 0.3) is 76.7 Å². The average molecular weight is 663 g/mol. The van der Waals surface area contributed by atoms with E-state index >= 15 is 0 Å². The maximum Gasteiger partial charge on any atom is 0.146 e. The van der Waals surface area contributed by atoms with E-state index in [9.17, 15) is 0 Å². The van der Waals surface area contributed by atoms with E-state index < -0.39 is 0 Å². The van der Waals surface area contributed by atoms with Crippen LogP contribution in [0.2, 0.25) is 0 Å². The summed E-state index contributed by atoms with van der Waals surface area (Å²) in [5.74, 6) is 1.53. The fraction of sp³-hybridized carbons (Fsp3) is 0.174. The first-order valence-corrected chi connectivity index (χ1v) is 17.8. The van der Waals surface area contributed by atoms with Gasteiger partial charge in [0.2, 0.25) is 0 Å². The molecule has 4 heterocycles. The summed E-state index contributed by atoms with van der Waals surface area (Å²) in [6, 6.07) is 43.4. The van der Waals surface area contributed by atoms with E-state index in [0.29, 0.717) is 0 Å². The van der Waals surface area contributed by atoms with Crippen molar-refractivity contribution < 1.29 is 4.74 Å². The van der Waals surface area contributed by atoms with Gasteiger partial charge in [-0.05, 0) is 112 Å². The standard InChI is InChI=1S/C46H38N4O/c1-45(2,3)27-16-22-39-34(23-27)32-21-18-30(26-36(32)43-47-37-11-7-9-13-40(37)49(39)43)51-29-17-20-31-33-19-15-28(46(4,5)6)24-42(33)50-41-14-10-8-12-38(41)48-44(50)35(31)25-29/h7-26H,1-6H3. The molecule has 51 heavy (non-hydrogen) atoms. The van der Waals surface area contributed by atoms with Crippen LogP contribution in [0.5, 0.6) is 11.5 Å². The second-order valence-corrected chi connectivity index (χ2v) is 16.0. The zero-order valence-corrected chi connectivity index (χ0v) is 29.7. The van der Waals surface area contributed by atoms with Gasteiger partial charge in [0, 0.05) is 21.5 Å². The number of para-hydroxylation sites is 4. The van der Waals surface area contributed by atoms with Crippen molar-refractivity contribution in [2.45, 2.75) is 52.4 Å². The molecule has 0 aliphatic carbocycles. The molecule has 10 rings (SSSR count). The summed E-state index contributed by atoms with van der Waals surface area (Å²) in [4.78, 5) is 10.3. The summed E-state index contributed by atoms with van der Waals surface area (Å²) in [5.41, 5.74) is 11.0. The van der Waals surface area contributed by atoms with Gasteiger partial charge < -0.3 is 4.74 Å². The molecule has 6 aromatic carbocycles. The lowest BCUT2D eigenvalue weighted by Crippen LogP contribution is -2.11. The lowest BCUT2D eigenvalue weighted by Gasteiger charge is -2.21. The molecular weight excluding hydrogens is 625 g/mol. The van der Waals surface area contributed by atoms with Gasteiger partial charge in [0.1, 0.15) is 22.8 Å². The molecular formula is C46H38N4O. The molecule has 248 valence electrons. The second-order valence-electron chi connectivity index (χ2n) is 16.0. The van der Waals surface area contributed by atoms with Crippen LogP contribution in [0.15, 0.2) is 121 Å². The Morgan fingerprint density at radius 2 is 0.902 bits per heavy atom. The number of hydrogen-bond donors (Lipinski definition) is 0. The highest BCUT2D eigenvalue weighted by molar-refractivity contribution is 6.15. The van der Waals surface area contributed by atoms with E-state index in [-0.39, 0.29) is 10.8 Å². The summed E-state index contributed by atoms with van der Waals surface area (Å²) < 4.78 is 11.4. The first kappa shape index (κ1) is 29.9. The Morgan fingerprint density at radius 1 is 0.412 bits per heavy atom. The molecule has 10 aromatic rings. The van der Waals surface area contributed by atoms with Crippen LogP contribution in [-0.2, 0) is 10.8 Å². The van der Waals surface area contributed by atoms with Gasteiger partial charge in [0.05, 0.1) is 33.1 Å². The van der Waals surface area contributed by atoms with Crippen molar-refractivity contribution >= 4 is 76.7 Å². The Morgan fingerprint density at radius 3 is 1.49 bits per heavy atom. The van der Waals surface area contributed by atoms with Crippen LogP contribution in [0.4, 0.5) is 0 Å². The van der Waals surface area contributed by atoms with Gasteiger partial charge in [-0.25, -0.2) is 9.97 Å². The molecule has 0 fully saturated rings. The molecule has 5 nitrogen and oxygen atoms in total. The molecule has 5 heteroatoms. The third-order valence-electron chi connectivity index (χ3n) is 10.6. The number of benzene rings is 6. The molecule has 0 bridgehead atoms. The summed E-state index contributed by atoms with van der Waals surface area (Å²) in [7, 11) is 0. The van der Waals surface area contributed by atoms with E-state index in [1.54, 1.807) is 0 Å². The first-order chi connectivity index (χ1) is 24.5. The molecule has 0 saturated carbocycles. The third kappa shape index (κ3) is 4.47. The maximum atomic E-state index is 6.73. The van der Waals surface area contributed by atoms with Crippen molar-refractivity contribution in [1.29, 1.82) is 0 Å². The Hall–Kier alpha value is -5.94. The molecule has 0 aliphatic heterocycles. The fourth-order valence-electron chi connectivity index (χ4n) is 7.87. The van der Waals surface area contributed by atoms with Crippen molar-refractivity contribution in [3.05, 3.63) is 132 Å². The van der Waals surface area contributed by atoms with E-state index in [1.807, 2.05) is 0 Å². The van der Waals surface area contributed by atoms with Crippen LogP contribution in [-0.4, -0.2) is 18.8 Å². The highest BCUT2D eigenvalue weighted by atomic mass is 16.5. The topological polar surface area (TPSA) is 43.8 Å². The number of pyridine rings is 2. The Bertz CT molecular complexity index is 3080. The SMILES string of the molecule is CC(C)(C)c1ccc2c(c1)c1ccc(Oc3ccc4c5ccc(C(C)(C)C)cc5n5c6ccccc6nc5c4c3)cc1c1nc3ccccc3n21. The number of hydrogen-bond acceptors (Lipinski definition) is 3. The average Bonchev–Trinajstić information content (AvgIpc) is 3.71. The number of aromatic nitrogens is 4. The lowest BCUT2D eigenvalue weighted by molar-refractivity contribution is 0.484. The smallest absolute Gasteiger partial charge is 0.146 e. The van der Waals surface area contributed by atoms with Crippen molar-refractivity contribution in [2.75, 3.05) is 0 Å². The van der Waals surface area contributed by atoms with Gasteiger partial charge >= 0.3 is 0 Å². The minimum Gasteiger partial charge on any atom is -0.457 e. The van der Waals surface area contributed by atoms with Gasteiger partial charge in [-0.15, -0.1) is 0 Å². The van der Waals surface area contributed by atoms with Crippen molar-refractivity contribution in [2.24, 2.45) is 0 Å². The zero-order valence-electron chi connectivity index (χ0n) is 29.7. The summed E-state index contributed by atoms with van der Waals surface area (Å²) in [6.45, 7) is 13.6. The summed E-state index contributed by atoms with van der Waals surface area (Å²) in [5, 5.41) is 6.85. The van der Waals surface area contributed by atoms with Crippen LogP contribution in [0.1, 0.15) is 52.7 Å². The van der Waals surface area contributed by atoms with Gasteiger partial charge in [0.15, 0.2) is 0 Å². The second kappa shape index (κ2) is 10.3. The lowest BCUT2D eigenvalue weighted by atomic mass is 9.86. The maximum absolute atomic E-state index is 6.73. The van der Waals surface area contributed by atoms with Gasteiger partial charge in [-0.3, -0.25) is 8.80 Å². The molecule has 4 aromatic heterocycles. The van der Waals surface area contributed by atoms with E-state index in [2.05, 4.69) is 172 Å². The molecule has 0 spiro atoms. The van der Waals surface area contributed by atoms with Crippen molar-refractivity contribution in [1.82, 2.24) is 18.8 Å². The molecule has 0 amide bonds. The van der Waals surface area contributed by atoms with Crippen molar-refractivity contribution in [3.8, 4) is 11.5 Å². The quantitative estimate of drug-likeness (QED) is 0.173. The molecule has 0 saturated heterocycles. The molecule has 0 unspecified atom stereocenters.